The molecule has 7 nitrogen and oxygen atoms in total. The molecule has 1 fully saturated rings. The second-order valence-corrected chi connectivity index (χ2v) is 9.38. The molecule has 3 rings (SSSR count). The number of nitrogens with one attached hydrogen (secondary N) is 1. The lowest BCUT2D eigenvalue weighted by Gasteiger charge is -2.45. The van der Waals surface area contributed by atoms with Gasteiger partial charge in [-0.3, -0.25) is 9.80 Å². The van der Waals surface area contributed by atoms with Gasteiger partial charge in [0, 0.05) is 74.6 Å². The summed E-state index contributed by atoms with van der Waals surface area (Å²) in [4.78, 5) is 9.27. The van der Waals surface area contributed by atoms with Gasteiger partial charge >= 0.3 is 0 Å². The lowest BCUT2D eigenvalue weighted by Crippen LogP contribution is -2.53. The molecule has 9 heteroatoms. The van der Waals surface area contributed by atoms with Crippen LogP contribution in [-0.4, -0.2) is 62.0 Å². The van der Waals surface area contributed by atoms with Crippen LogP contribution in [0.15, 0.2) is 35.3 Å². The highest BCUT2D eigenvalue weighted by Crippen LogP contribution is 2.39. The molecule has 0 saturated carbocycles. The number of benzene rings is 2. The fourth-order valence-electron chi connectivity index (χ4n) is 4.41. The Kier molecular flexibility index (Phi) is 8.95. The van der Waals surface area contributed by atoms with Crippen LogP contribution in [0.1, 0.15) is 38.3 Å². The van der Waals surface area contributed by atoms with Crippen LogP contribution in [0.25, 0.3) is 0 Å². The van der Waals surface area contributed by atoms with Gasteiger partial charge in [0.1, 0.15) is 17.4 Å². The Labute approximate surface area is 212 Å². The van der Waals surface area contributed by atoms with Crippen LogP contribution in [0.3, 0.4) is 0 Å². The molecule has 0 unspecified atom stereocenters. The van der Waals surface area contributed by atoms with E-state index < -0.39 is 5.82 Å². The Bertz CT molecular complexity index is 1110. The van der Waals surface area contributed by atoms with Gasteiger partial charge in [0.25, 0.3) is 0 Å². The Morgan fingerprint density at radius 3 is 2.57 bits per heavy atom. The largest absolute Gasteiger partial charge is 0.493 e. The van der Waals surface area contributed by atoms with Crippen LogP contribution >= 0.6 is 11.6 Å². The fraction of sp³-hybridized carbons (Fsp3) is 0.462. The van der Waals surface area contributed by atoms with Crippen LogP contribution in [0, 0.1) is 17.1 Å². The topological polar surface area (TPSA) is 89.9 Å². The van der Waals surface area contributed by atoms with Crippen molar-refractivity contribution in [3.63, 3.8) is 0 Å². The molecule has 35 heavy (non-hydrogen) atoms. The summed E-state index contributed by atoms with van der Waals surface area (Å²) >= 11 is 5.93. The van der Waals surface area contributed by atoms with Gasteiger partial charge in [-0.15, -0.1) is 0 Å². The number of amidine groups is 1. The van der Waals surface area contributed by atoms with Gasteiger partial charge in [-0.1, -0.05) is 11.6 Å². The predicted octanol–water partition coefficient (Wildman–Crippen LogP) is 4.72. The molecule has 188 valence electrons. The number of ether oxygens (including phenoxy) is 1. The molecule has 0 spiro atoms. The molecule has 0 amide bonds. The van der Waals surface area contributed by atoms with Gasteiger partial charge in [0.2, 0.25) is 0 Å². The highest BCUT2D eigenvalue weighted by molar-refractivity contribution is 6.31. The number of halogens is 2. The third-order valence-corrected chi connectivity index (χ3v) is 6.77. The Hall–Kier alpha value is -2.86. The van der Waals surface area contributed by atoms with Crippen molar-refractivity contribution in [1.82, 2.24) is 9.80 Å². The highest BCUT2D eigenvalue weighted by Gasteiger charge is 2.34. The summed E-state index contributed by atoms with van der Waals surface area (Å²) in [6, 6.07) is 10.5. The Morgan fingerprint density at radius 2 is 1.97 bits per heavy atom. The zero-order valence-corrected chi connectivity index (χ0v) is 21.6. The van der Waals surface area contributed by atoms with E-state index in [1.54, 1.807) is 6.07 Å². The zero-order valence-electron chi connectivity index (χ0n) is 20.9. The molecule has 0 aliphatic carbocycles. The molecule has 1 aliphatic heterocycles. The van der Waals surface area contributed by atoms with Gasteiger partial charge in [0.15, 0.2) is 0 Å². The SMILES string of the molecule is CCOc1cc(NC)c(C(N)=Nc2ccc(F)c(Cl)c2)cc1C(C)(C)N1CCN(CCC#N)CC1. The van der Waals surface area contributed by atoms with Crippen molar-refractivity contribution in [3.8, 4) is 11.8 Å². The minimum Gasteiger partial charge on any atom is -0.493 e. The number of hydrogen-bond donors (Lipinski definition) is 2. The average molecular weight is 501 g/mol. The maximum atomic E-state index is 13.6. The Balaban J connectivity index is 1.99. The highest BCUT2D eigenvalue weighted by atomic mass is 35.5. The smallest absolute Gasteiger partial charge is 0.141 e. The molecule has 0 aromatic heterocycles. The van der Waals surface area contributed by atoms with Crippen LogP contribution in [0.5, 0.6) is 5.75 Å². The second-order valence-electron chi connectivity index (χ2n) is 8.97. The number of nitriles is 1. The average Bonchev–Trinajstić information content (AvgIpc) is 2.85. The van der Waals surface area contributed by atoms with E-state index in [1.807, 2.05) is 26.1 Å². The first-order valence-corrected chi connectivity index (χ1v) is 12.2. The van der Waals surface area contributed by atoms with Gasteiger partial charge < -0.3 is 15.8 Å². The van der Waals surface area contributed by atoms with Crippen molar-refractivity contribution in [2.75, 3.05) is 51.7 Å². The predicted molar refractivity (Wildman–Crippen MR) is 140 cm³/mol. The molecular formula is C26H34ClFN6O. The summed E-state index contributed by atoms with van der Waals surface area (Å²) in [5.41, 5.74) is 9.11. The van der Waals surface area contributed by atoms with Crippen LogP contribution in [0.2, 0.25) is 5.02 Å². The first-order valence-electron chi connectivity index (χ1n) is 11.8. The van der Waals surface area contributed by atoms with E-state index in [9.17, 15) is 4.39 Å². The third-order valence-electron chi connectivity index (χ3n) is 6.48. The normalized spacial score (nSPS) is 15.6. The molecule has 0 bridgehead atoms. The van der Waals surface area contributed by atoms with Crippen LogP contribution in [0.4, 0.5) is 15.8 Å². The molecule has 0 radical (unpaired) electrons. The van der Waals surface area contributed by atoms with Gasteiger partial charge in [-0.25, -0.2) is 9.38 Å². The van der Waals surface area contributed by atoms with E-state index in [0.29, 0.717) is 24.6 Å². The quantitative estimate of drug-likeness (QED) is 0.382. The van der Waals surface area contributed by atoms with E-state index in [2.05, 4.69) is 40.0 Å². The molecule has 1 saturated heterocycles. The minimum absolute atomic E-state index is 0.00433. The fourth-order valence-corrected chi connectivity index (χ4v) is 4.59. The first kappa shape index (κ1) is 26.7. The van der Waals surface area contributed by atoms with Gasteiger partial charge in [-0.05, 0) is 45.0 Å². The monoisotopic (exact) mass is 500 g/mol. The van der Waals surface area contributed by atoms with Gasteiger partial charge in [0.05, 0.1) is 23.4 Å². The van der Waals surface area contributed by atoms with Crippen molar-refractivity contribution >= 4 is 28.8 Å². The van der Waals surface area contributed by atoms with E-state index in [-0.39, 0.29) is 10.6 Å². The van der Waals surface area contributed by atoms with E-state index in [1.165, 1.54) is 12.1 Å². The lowest BCUT2D eigenvalue weighted by atomic mass is 9.88. The number of hydrogen-bond acceptors (Lipinski definition) is 6. The number of nitrogens with zero attached hydrogens (tertiary/aromatic N) is 4. The summed E-state index contributed by atoms with van der Waals surface area (Å²) in [6.45, 7) is 11.2. The molecule has 1 heterocycles. The zero-order chi connectivity index (χ0) is 25.6. The van der Waals surface area contributed by atoms with Crippen molar-refractivity contribution in [1.29, 1.82) is 5.26 Å². The van der Waals surface area contributed by atoms with Gasteiger partial charge in [-0.2, -0.15) is 5.26 Å². The van der Waals surface area contributed by atoms with Crippen molar-refractivity contribution < 1.29 is 9.13 Å². The van der Waals surface area contributed by atoms with Crippen molar-refractivity contribution in [2.45, 2.75) is 32.7 Å². The third kappa shape index (κ3) is 6.23. The first-order chi connectivity index (χ1) is 16.7. The standard InChI is InChI=1S/C26H34ClFN6O/c1-5-35-24-17-23(31-4)19(25(30)32-18-7-8-22(28)21(27)15-18)16-20(24)26(2,3)34-13-11-33(12-14-34)10-6-9-29/h7-8,15-17,31H,5-6,10-14H2,1-4H3,(H2,30,32). The number of nitrogens with two attached hydrogens (primary N) is 1. The lowest BCUT2D eigenvalue weighted by molar-refractivity contribution is 0.0497. The molecule has 0 atom stereocenters. The number of aliphatic imine (C=N–C) groups is 1. The number of piperazine rings is 1. The Morgan fingerprint density at radius 1 is 1.26 bits per heavy atom. The maximum Gasteiger partial charge on any atom is 0.141 e. The maximum absolute atomic E-state index is 13.6. The molecule has 2 aromatic carbocycles. The summed E-state index contributed by atoms with van der Waals surface area (Å²) < 4.78 is 19.6. The van der Waals surface area contributed by atoms with Crippen molar-refractivity contribution in [3.05, 3.63) is 52.3 Å². The minimum atomic E-state index is -0.502. The summed E-state index contributed by atoms with van der Waals surface area (Å²) in [7, 11) is 1.82. The summed E-state index contributed by atoms with van der Waals surface area (Å²) in [6.07, 6.45) is 0.546. The van der Waals surface area contributed by atoms with Crippen LogP contribution in [-0.2, 0) is 5.54 Å². The van der Waals surface area contributed by atoms with E-state index in [4.69, 9.17) is 27.3 Å². The summed E-state index contributed by atoms with van der Waals surface area (Å²) in [5, 5.41) is 12.1. The second kappa shape index (κ2) is 11.7. The van der Waals surface area contributed by atoms with E-state index in [0.717, 1.165) is 55.3 Å². The molecule has 1 aliphatic rings. The van der Waals surface area contributed by atoms with E-state index >= 15 is 0 Å². The molecular weight excluding hydrogens is 467 g/mol. The molecule has 3 N–H and O–H groups in total. The summed E-state index contributed by atoms with van der Waals surface area (Å²) in [5.74, 6) is 0.575. The van der Waals surface area contributed by atoms with Crippen molar-refractivity contribution in [2.24, 2.45) is 10.7 Å². The number of anilines is 1. The van der Waals surface area contributed by atoms with Crippen LogP contribution < -0.4 is 15.8 Å². The molecule has 2 aromatic rings. The number of rotatable bonds is 9.